The molecule has 0 atom stereocenters. The Kier molecular flexibility index (Phi) is 5.81. The van der Waals surface area contributed by atoms with E-state index in [9.17, 15) is 18.0 Å². The lowest BCUT2D eigenvalue weighted by atomic mass is 10.1. The van der Waals surface area contributed by atoms with E-state index >= 15 is 0 Å². The maximum absolute atomic E-state index is 12.7. The van der Waals surface area contributed by atoms with Gasteiger partial charge in [0.25, 0.3) is 5.91 Å². The largest absolute Gasteiger partial charge is 0.462 e. The van der Waals surface area contributed by atoms with Crippen LogP contribution in [0.5, 0.6) is 0 Å². The van der Waals surface area contributed by atoms with E-state index in [4.69, 9.17) is 4.74 Å². The Morgan fingerprint density at radius 1 is 1.07 bits per heavy atom. The van der Waals surface area contributed by atoms with Crippen molar-refractivity contribution in [1.29, 1.82) is 0 Å². The fourth-order valence-electron chi connectivity index (χ4n) is 2.71. The van der Waals surface area contributed by atoms with Crippen LogP contribution in [0.2, 0.25) is 0 Å². The molecular weight excluding hydrogens is 398 g/mol. The van der Waals surface area contributed by atoms with Gasteiger partial charge in [0.05, 0.1) is 17.3 Å². The lowest BCUT2D eigenvalue weighted by molar-refractivity contribution is 0.0530. The molecule has 2 aromatic carbocycles. The van der Waals surface area contributed by atoms with Gasteiger partial charge in [-0.2, -0.15) is 0 Å². The third kappa shape index (κ3) is 3.93. The normalized spacial score (nSPS) is 11.4. The number of esters is 1. The standard InChI is InChI=1S/C20H19NO5S2/c1-3-26-20(23)17-15-10-5-6-11-16(15)27-19(17)21-18(22)13-8-7-9-14(12-13)28(24,25)4-2/h5-12H,3-4H2,1-2H3,(H,21,22). The van der Waals surface area contributed by atoms with Crippen LogP contribution in [0.25, 0.3) is 10.1 Å². The number of hydrogen-bond acceptors (Lipinski definition) is 6. The molecule has 0 aliphatic rings. The summed E-state index contributed by atoms with van der Waals surface area (Å²) in [6.45, 7) is 3.47. The Morgan fingerprint density at radius 3 is 2.54 bits per heavy atom. The van der Waals surface area contributed by atoms with Crippen LogP contribution in [0.15, 0.2) is 53.4 Å². The van der Waals surface area contributed by atoms with Crippen LogP contribution in [-0.4, -0.2) is 32.7 Å². The van der Waals surface area contributed by atoms with Crippen molar-refractivity contribution in [2.45, 2.75) is 18.7 Å². The van der Waals surface area contributed by atoms with Crippen molar-refractivity contribution < 1.29 is 22.7 Å². The van der Waals surface area contributed by atoms with Gasteiger partial charge in [-0.15, -0.1) is 11.3 Å². The highest BCUT2D eigenvalue weighted by atomic mass is 32.2. The molecule has 6 nitrogen and oxygen atoms in total. The summed E-state index contributed by atoms with van der Waals surface area (Å²) in [5.41, 5.74) is 0.495. The number of carbonyl (C=O) groups excluding carboxylic acids is 2. The number of thiophene rings is 1. The molecule has 0 aliphatic heterocycles. The topological polar surface area (TPSA) is 89.5 Å². The summed E-state index contributed by atoms with van der Waals surface area (Å²) in [5, 5.41) is 3.80. The fourth-order valence-corrected chi connectivity index (χ4v) is 4.72. The summed E-state index contributed by atoms with van der Waals surface area (Å²) in [5.74, 6) is -1.07. The number of hydrogen-bond donors (Lipinski definition) is 1. The van der Waals surface area contributed by atoms with Gasteiger partial charge in [-0.25, -0.2) is 13.2 Å². The van der Waals surface area contributed by atoms with Crippen molar-refractivity contribution in [2.24, 2.45) is 0 Å². The number of nitrogens with one attached hydrogen (secondary N) is 1. The molecule has 0 bridgehead atoms. The zero-order chi connectivity index (χ0) is 20.3. The molecule has 0 spiro atoms. The first-order valence-corrected chi connectivity index (χ1v) is 11.2. The molecule has 0 saturated carbocycles. The van der Waals surface area contributed by atoms with E-state index in [1.54, 1.807) is 19.9 Å². The number of rotatable bonds is 6. The Bertz CT molecular complexity index is 1150. The van der Waals surface area contributed by atoms with Crippen LogP contribution < -0.4 is 5.32 Å². The number of sulfone groups is 1. The van der Waals surface area contributed by atoms with Crippen molar-refractivity contribution in [3.63, 3.8) is 0 Å². The highest BCUT2D eigenvalue weighted by Gasteiger charge is 2.22. The monoisotopic (exact) mass is 417 g/mol. The second-order valence-electron chi connectivity index (χ2n) is 5.91. The van der Waals surface area contributed by atoms with Crippen molar-refractivity contribution in [2.75, 3.05) is 17.7 Å². The van der Waals surface area contributed by atoms with Gasteiger partial charge in [-0.05, 0) is 31.2 Å². The van der Waals surface area contributed by atoms with Gasteiger partial charge in [0.15, 0.2) is 9.84 Å². The number of fused-ring (bicyclic) bond motifs is 1. The van der Waals surface area contributed by atoms with E-state index in [0.29, 0.717) is 16.0 Å². The fraction of sp³-hybridized carbons (Fsp3) is 0.200. The number of amides is 1. The summed E-state index contributed by atoms with van der Waals surface area (Å²) in [6.07, 6.45) is 0. The highest BCUT2D eigenvalue weighted by molar-refractivity contribution is 7.91. The lowest BCUT2D eigenvalue weighted by Crippen LogP contribution is -2.15. The van der Waals surface area contributed by atoms with Crippen LogP contribution in [0, 0.1) is 0 Å². The summed E-state index contributed by atoms with van der Waals surface area (Å²) >= 11 is 1.26. The minimum absolute atomic E-state index is 0.0542. The van der Waals surface area contributed by atoms with E-state index < -0.39 is 21.7 Å². The molecule has 1 heterocycles. The van der Waals surface area contributed by atoms with Crippen LogP contribution in [0.3, 0.4) is 0 Å². The summed E-state index contributed by atoms with van der Waals surface area (Å²) in [4.78, 5) is 25.3. The Balaban J connectivity index is 1.99. The second-order valence-corrected chi connectivity index (χ2v) is 9.24. The average Bonchev–Trinajstić information content (AvgIpc) is 3.06. The predicted octanol–water partition coefficient (Wildman–Crippen LogP) is 4.12. The van der Waals surface area contributed by atoms with Gasteiger partial charge >= 0.3 is 5.97 Å². The summed E-state index contributed by atoms with van der Waals surface area (Å²) in [7, 11) is -3.43. The minimum atomic E-state index is -3.43. The third-order valence-corrected chi connectivity index (χ3v) is 6.96. The quantitative estimate of drug-likeness (QED) is 0.609. The van der Waals surface area contributed by atoms with E-state index in [0.717, 1.165) is 4.70 Å². The van der Waals surface area contributed by atoms with Crippen molar-refractivity contribution in [1.82, 2.24) is 0 Å². The van der Waals surface area contributed by atoms with Gasteiger partial charge in [0.2, 0.25) is 0 Å². The highest BCUT2D eigenvalue weighted by Crippen LogP contribution is 2.36. The smallest absolute Gasteiger partial charge is 0.341 e. The molecule has 1 aromatic heterocycles. The predicted molar refractivity (Wildman–Crippen MR) is 110 cm³/mol. The van der Waals surface area contributed by atoms with Crippen molar-refractivity contribution in [3.8, 4) is 0 Å². The van der Waals surface area contributed by atoms with Gasteiger partial charge < -0.3 is 10.1 Å². The molecule has 0 radical (unpaired) electrons. The first kappa shape index (κ1) is 20.0. The maximum Gasteiger partial charge on any atom is 0.341 e. The molecule has 0 saturated heterocycles. The van der Waals surface area contributed by atoms with Crippen LogP contribution in [0.1, 0.15) is 34.6 Å². The zero-order valence-corrected chi connectivity index (χ0v) is 17.0. The molecule has 28 heavy (non-hydrogen) atoms. The molecule has 3 aromatic rings. The number of carbonyl (C=O) groups is 2. The molecule has 8 heteroatoms. The molecule has 1 amide bonds. The molecule has 146 valence electrons. The molecule has 0 fully saturated rings. The Morgan fingerprint density at radius 2 is 1.82 bits per heavy atom. The van der Waals surface area contributed by atoms with Gasteiger partial charge in [0.1, 0.15) is 10.6 Å². The number of benzene rings is 2. The summed E-state index contributed by atoms with van der Waals surface area (Å²) < 4.78 is 30.1. The average molecular weight is 418 g/mol. The Labute approximate surface area is 167 Å². The van der Waals surface area contributed by atoms with Gasteiger partial charge in [-0.3, -0.25) is 4.79 Å². The maximum atomic E-state index is 12.7. The number of ether oxygens (including phenoxy) is 1. The molecular formula is C20H19NO5S2. The number of anilines is 1. The zero-order valence-electron chi connectivity index (χ0n) is 15.4. The third-order valence-electron chi connectivity index (χ3n) is 4.14. The summed E-state index contributed by atoms with van der Waals surface area (Å²) in [6, 6.07) is 13.1. The molecule has 0 aliphatic carbocycles. The van der Waals surface area contributed by atoms with E-state index in [1.807, 2.05) is 18.2 Å². The van der Waals surface area contributed by atoms with Crippen molar-refractivity contribution in [3.05, 3.63) is 59.7 Å². The molecule has 3 rings (SSSR count). The Hall–Kier alpha value is -2.71. The van der Waals surface area contributed by atoms with Crippen LogP contribution in [-0.2, 0) is 14.6 Å². The molecule has 0 unspecified atom stereocenters. The second kappa shape index (κ2) is 8.12. The van der Waals surface area contributed by atoms with E-state index in [1.165, 1.54) is 35.6 Å². The van der Waals surface area contributed by atoms with E-state index in [-0.39, 0.29) is 22.8 Å². The van der Waals surface area contributed by atoms with E-state index in [2.05, 4.69) is 5.32 Å². The lowest BCUT2D eigenvalue weighted by Gasteiger charge is -2.08. The van der Waals surface area contributed by atoms with Gasteiger partial charge in [-0.1, -0.05) is 31.2 Å². The van der Waals surface area contributed by atoms with Crippen LogP contribution in [0.4, 0.5) is 5.00 Å². The first-order valence-electron chi connectivity index (χ1n) is 8.70. The van der Waals surface area contributed by atoms with Gasteiger partial charge in [0, 0.05) is 15.6 Å². The SMILES string of the molecule is CCOC(=O)c1c(NC(=O)c2cccc(S(=O)(=O)CC)c2)sc2ccccc12. The van der Waals surface area contributed by atoms with Crippen LogP contribution >= 0.6 is 11.3 Å². The minimum Gasteiger partial charge on any atom is -0.462 e. The molecule has 1 N–H and O–H groups in total. The first-order chi connectivity index (χ1) is 13.4. The van der Waals surface area contributed by atoms with Crippen molar-refractivity contribution >= 4 is 48.1 Å².